The first-order chi connectivity index (χ1) is 10.0. The van der Waals surface area contributed by atoms with Gasteiger partial charge in [-0.25, -0.2) is 4.79 Å². The van der Waals surface area contributed by atoms with Crippen LogP contribution in [0.3, 0.4) is 0 Å². The molecule has 112 valence electrons. The zero-order valence-corrected chi connectivity index (χ0v) is 13.1. The molecular formula is C18H22O3. The summed E-state index contributed by atoms with van der Waals surface area (Å²) in [5.74, 6) is 1.19. The number of ether oxygens (including phenoxy) is 1. The van der Waals surface area contributed by atoms with E-state index in [9.17, 15) is 4.79 Å². The predicted molar refractivity (Wildman–Crippen MR) is 86.0 cm³/mol. The number of aryl methyl sites for hydroxylation is 2. The van der Waals surface area contributed by atoms with Crippen LogP contribution in [0.25, 0.3) is 5.57 Å². The van der Waals surface area contributed by atoms with E-state index < -0.39 is 0 Å². The molecule has 0 unspecified atom stereocenters. The van der Waals surface area contributed by atoms with Gasteiger partial charge in [0.2, 0.25) is 0 Å². The molecular weight excluding hydrogens is 264 g/mol. The standard InChI is InChI=1S/C18H22O3/c1-6-8-9-10-11-12-16(18(19)20-7-2)17-13(3)14(4)21-15(17)5/h6,8-12H,1,7H2,2-5H3/b9-8+,11-10+,16-12+. The van der Waals surface area contributed by atoms with Gasteiger partial charge in [0, 0.05) is 5.56 Å². The molecule has 1 aromatic rings. The molecule has 0 spiro atoms. The third kappa shape index (κ3) is 4.35. The zero-order chi connectivity index (χ0) is 15.8. The molecule has 0 aliphatic heterocycles. The Morgan fingerprint density at radius 2 is 1.81 bits per heavy atom. The van der Waals surface area contributed by atoms with E-state index >= 15 is 0 Å². The Kier molecular flexibility index (Phi) is 6.47. The highest BCUT2D eigenvalue weighted by Gasteiger charge is 2.21. The fraction of sp³-hybridized carbons (Fsp3) is 0.278. The molecule has 0 fully saturated rings. The molecule has 0 atom stereocenters. The van der Waals surface area contributed by atoms with Crippen LogP contribution in [0.15, 0.2) is 47.5 Å². The van der Waals surface area contributed by atoms with E-state index in [1.54, 1.807) is 25.2 Å². The van der Waals surface area contributed by atoms with Gasteiger partial charge in [0.05, 0.1) is 12.2 Å². The lowest BCUT2D eigenvalue weighted by Gasteiger charge is -2.06. The zero-order valence-electron chi connectivity index (χ0n) is 13.1. The number of furan rings is 1. The van der Waals surface area contributed by atoms with Crippen LogP contribution in [0.4, 0.5) is 0 Å². The number of rotatable bonds is 6. The van der Waals surface area contributed by atoms with Crippen LogP contribution in [0.2, 0.25) is 0 Å². The van der Waals surface area contributed by atoms with Crippen molar-refractivity contribution in [2.45, 2.75) is 27.7 Å². The van der Waals surface area contributed by atoms with Gasteiger partial charge in [0.25, 0.3) is 0 Å². The van der Waals surface area contributed by atoms with Crippen molar-refractivity contribution in [2.24, 2.45) is 0 Å². The molecule has 0 saturated carbocycles. The predicted octanol–water partition coefficient (Wildman–Crippen LogP) is 4.45. The van der Waals surface area contributed by atoms with Gasteiger partial charge in [-0.3, -0.25) is 0 Å². The third-order valence-corrected chi connectivity index (χ3v) is 3.06. The summed E-state index contributed by atoms with van der Waals surface area (Å²) in [6, 6.07) is 0. The number of carbonyl (C=O) groups excluding carboxylic acids is 1. The Morgan fingerprint density at radius 1 is 1.14 bits per heavy atom. The van der Waals surface area contributed by atoms with Crippen LogP contribution in [0.5, 0.6) is 0 Å². The Hall–Kier alpha value is -2.29. The van der Waals surface area contributed by atoms with Crippen molar-refractivity contribution in [3.63, 3.8) is 0 Å². The molecule has 0 N–H and O–H groups in total. The molecule has 1 aromatic heterocycles. The van der Waals surface area contributed by atoms with Crippen molar-refractivity contribution in [2.75, 3.05) is 6.61 Å². The summed E-state index contributed by atoms with van der Waals surface area (Å²) in [5, 5.41) is 0. The molecule has 1 heterocycles. The molecule has 21 heavy (non-hydrogen) atoms. The lowest BCUT2D eigenvalue weighted by atomic mass is 10.0. The van der Waals surface area contributed by atoms with E-state index in [0.29, 0.717) is 12.2 Å². The highest BCUT2D eigenvalue weighted by Crippen LogP contribution is 2.28. The molecule has 0 aliphatic rings. The lowest BCUT2D eigenvalue weighted by Crippen LogP contribution is -2.08. The monoisotopic (exact) mass is 286 g/mol. The molecule has 3 heteroatoms. The first-order valence-corrected chi connectivity index (χ1v) is 6.93. The second-order valence-corrected chi connectivity index (χ2v) is 4.52. The Balaban J connectivity index is 3.22. The minimum absolute atomic E-state index is 0.338. The maximum atomic E-state index is 12.2. The molecule has 0 aliphatic carbocycles. The number of hydrogen-bond acceptors (Lipinski definition) is 3. The van der Waals surface area contributed by atoms with Crippen LogP contribution in [-0.4, -0.2) is 12.6 Å². The largest absolute Gasteiger partial charge is 0.466 e. The van der Waals surface area contributed by atoms with Crippen molar-refractivity contribution in [3.05, 3.63) is 65.7 Å². The fourth-order valence-corrected chi connectivity index (χ4v) is 2.01. The number of esters is 1. The molecule has 0 aromatic carbocycles. The van der Waals surface area contributed by atoms with Crippen LogP contribution in [0, 0.1) is 20.8 Å². The summed E-state index contributed by atoms with van der Waals surface area (Å²) in [7, 11) is 0. The van der Waals surface area contributed by atoms with Crippen molar-refractivity contribution in [3.8, 4) is 0 Å². The molecule has 0 amide bonds. The van der Waals surface area contributed by atoms with Gasteiger partial charge in [0.15, 0.2) is 0 Å². The van der Waals surface area contributed by atoms with Crippen molar-refractivity contribution >= 4 is 11.5 Å². The summed E-state index contributed by atoms with van der Waals surface area (Å²) < 4.78 is 10.7. The summed E-state index contributed by atoms with van der Waals surface area (Å²) >= 11 is 0. The van der Waals surface area contributed by atoms with Crippen LogP contribution in [-0.2, 0) is 9.53 Å². The fourth-order valence-electron chi connectivity index (χ4n) is 2.01. The smallest absolute Gasteiger partial charge is 0.338 e. The Morgan fingerprint density at radius 3 is 2.33 bits per heavy atom. The van der Waals surface area contributed by atoms with E-state index in [2.05, 4.69) is 6.58 Å². The number of allylic oxidation sites excluding steroid dienone is 6. The number of hydrogen-bond donors (Lipinski definition) is 0. The normalized spacial score (nSPS) is 12.3. The van der Waals surface area contributed by atoms with E-state index in [0.717, 1.165) is 22.6 Å². The van der Waals surface area contributed by atoms with Gasteiger partial charge < -0.3 is 9.15 Å². The summed E-state index contributed by atoms with van der Waals surface area (Å²) in [4.78, 5) is 12.2. The first kappa shape index (κ1) is 16.8. The summed E-state index contributed by atoms with van der Waals surface area (Å²) in [6.45, 7) is 11.4. The highest BCUT2D eigenvalue weighted by atomic mass is 16.5. The van der Waals surface area contributed by atoms with E-state index in [-0.39, 0.29) is 5.97 Å². The first-order valence-electron chi connectivity index (χ1n) is 6.93. The molecule has 1 rings (SSSR count). The minimum atomic E-state index is -0.346. The second-order valence-electron chi connectivity index (χ2n) is 4.52. The van der Waals surface area contributed by atoms with E-state index in [1.807, 2.05) is 39.0 Å². The Labute approximate surface area is 126 Å². The highest BCUT2D eigenvalue weighted by molar-refractivity contribution is 6.17. The van der Waals surface area contributed by atoms with Crippen molar-refractivity contribution in [1.82, 2.24) is 0 Å². The van der Waals surface area contributed by atoms with Crippen LogP contribution < -0.4 is 0 Å². The quantitative estimate of drug-likeness (QED) is 0.440. The van der Waals surface area contributed by atoms with Gasteiger partial charge in [0.1, 0.15) is 11.5 Å². The summed E-state index contributed by atoms with van der Waals surface area (Å²) in [6.07, 6.45) is 10.7. The molecule has 3 nitrogen and oxygen atoms in total. The minimum Gasteiger partial charge on any atom is -0.466 e. The van der Waals surface area contributed by atoms with Gasteiger partial charge in [-0.15, -0.1) is 0 Å². The molecule has 0 bridgehead atoms. The maximum Gasteiger partial charge on any atom is 0.338 e. The van der Waals surface area contributed by atoms with E-state index in [1.165, 1.54) is 0 Å². The van der Waals surface area contributed by atoms with Gasteiger partial charge in [-0.2, -0.15) is 0 Å². The van der Waals surface area contributed by atoms with E-state index in [4.69, 9.17) is 9.15 Å². The average molecular weight is 286 g/mol. The maximum absolute atomic E-state index is 12.2. The molecule has 0 saturated heterocycles. The average Bonchev–Trinajstić information content (AvgIpc) is 2.69. The number of carbonyl (C=O) groups is 1. The van der Waals surface area contributed by atoms with Crippen molar-refractivity contribution < 1.29 is 13.9 Å². The van der Waals surface area contributed by atoms with Gasteiger partial charge in [-0.05, 0) is 39.3 Å². The SMILES string of the molecule is C=C/C=C/C=C/C=C(/C(=O)OCC)c1c(C)oc(C)c1C. The van der Waals surface area contributed by atoms with Crippen LogP contribution >= 0.6 is 0 Å². The lowest BCUT2D eigenvalue weighted by molar-refractivity contribution is -0.136. The van der Waals surface area contributed by atoms with Crippen molar-refractivity contribution in [1.29, 1.82) is 0 Å². The topological polar surface area (TPSA) is 39.4 Å². The van der Waals surface area contributed by atoms with Gasteiger partial charge in [-0.1, -0.05) is 37.0 Å². The molecule has 0 radical (unpaired) electrons. The Bertz CT molecular complexity index is 598. The van der Waals surface area contributed by atoms with Crippen LogP contribution in [0.1, 0.15) is 29.6 Å². The summed E-state index contributed by atoms with van der Waals surface area (Å²) in [5.41, 5.74) is 2.28. The van der Waals surface area contributed by atoms with Gasteiger partial charge >= 0.3 is 5.97 Å². The third-order valence-electron chi connectivity index (χ3n) is 3.06. The second kappa shape index (κ2) is 8.10.